The van der Waals surface area contributed by atoms with Gasteiger partial charge < -0.3 is 5.32 Å². The number of aryl methyl sites for hydroxylation is 2. The lowest BCUT2D eigenvalue weighted by molar-refractivity contribution is -0.120. The maximum atomic E-state index is 13.7. The third-order valence-corrected chi connectivity index (χ3v) is 7.38. The number of carbonyl (C=O) groups is 2. The first-order chi connectivity index (χ1) is 16.0. The largest absolute Gasteiger partial charge is 0.352 e. The molecule has 5 nitrogen and oxygen atoms in total. The minimum atomic E-state index is -0.172. The van der Waals surface area contributed by atoms with E-state index in [9.17, 15) is 9.59 Å². The Kier molecular flexibility index (Phi) is 5.85. The predicted molar refractivity (Wildman–Crippen MR) is 135 cm³/mol. The van der Waals surface area contributed by atoms with Crippen LogP contribution < -0.4 is 10.2 Å². The number of benzene rings is 2. The number of rotatable bonds is 5. The van der Waals surface area contributed by atoms with E-state index in [4.69, 9.17) is 4.98 Å². The van der Waals surface area contributed by atoms with Crippen LogP contribution in [0.3, 0.4) is 0 Å². The Labute approximate surface area is 197 Å². The minimum absolute atomic E-state index is 0.00301. The SMILES string of the molecule is Cc1ccc2cc3cc(C(=O)N(CC(=O)NC4CCCC4)c4ccccc4C)sc3nc2c1. The van der Waals surface area contributed by atoms with Crippen LogP contribution >= 0.6 is 11.3 Å². The van der Waals surface area contributed by atoms with Crippen molar-refractivity contribution in [2.45, 2.75) is 45.6 Å². The summed E-state index contributed by atoms with van der Waals surface area (Å²) < 4.78 is 0. The normalized spacial score (nSPS) is 14.1. The topological polar surface area (TPSA) is 62.3 Å². The second-order valence-corrected chi connectivity index (χ2v) is 9.95. The number of nitrogens with one attached hydrogen (secondary N) is 1. The summed E-state index contributed by atoms with van der Waals surface area (Å²) in [5.74, 6) is -0.284. The highest BCUT2D eigenvalue weighted by Crippen LogP contribution is 2.30. The van der Waals surface area contributed by atoms with Crippen molar-refractivity contribution in [1.82, 2.24) is 10.3 Å². The van der Waals surface area contributed by atoms with Gasteiger partial charge in [0, 0.05) is 22.5 Å². The number of hydrogen-bond acceptors (Lipinski definition) is 4. The predicted octanol–water partition coefficient (Wildman–Crippen LogP) is 5.77. The van der Waals surface area contributed by atoms with Crippen LogP contribution in [0.4, 0.5) is 5.69 Å². The number of pyridine rings is 1. The standard InChI is InChI=1S/C27H27N3O2S/c1-17-11-12-19-14-20-15-24(33-26(20)29-22(19)13-17)27(32)30(23-10-6-3-7-18(23)2)16-25(31)28-21-8-4-5-9-21/h3,6-7,10-15,21H,4-5,8-9,16H2,1-2H3,(H,28,31). The van der Waals surface area contributed by atoms with Crippen molar-refractivity contribution in [2.24, 2.45) is 0 Å². The molecule has 5 rings (SSSR count). The lowest BCUT2D eigenvalue weighted by atomic mass is 10.1. The van der Waals surface area contributed by atoms with Crippen molar-refractivity contribution >= 4 is 50.0 Å². The molecule has 1 aliphatic rings. The fraction of sp³-hybridized carbons (Fsp3) is 0.296. The molecule has 1 aliphatic carbocycles. The Morgan fingerprint density at radius 2 is 1.82 bits per heavy atom. The number of nitrogens with zero attached hydrogens (tertiary/aromatic N) is 2. The van der Waals surface area contributed by atoms with Gasteiger partial charge in [-0.3, -0.25) is 14.5 Å². The second kappa shape index (κ2) is 8.94. The van der Waals surface area contributed by atoms with Crippen molar-refractivity contribution < 1.29 is 9.59 Å². The van der Waals surface area contributed by atoms with Crippen molar-refractivity contribution in [1.29, 1.82) is 0 Å². The lowest BCUT2D eigenvalue weighted by Gasteiger charge is -2.24. The van der Waals surface area contributed by atoms with Gasteiger partial charge in [0.1, 0.15) is 11.4 Å². The summed E-state index contributed by atoms with van der Waals surface area (Å²) in [6.07, 6.45) is 4.32. The molecule has 1 saturated carbocycles. The van der Waals surface area contributed by atoms with E-state index in [0.29, 0.717) is 4.88 Å². The molecule has 0 bridgehead atoms. The first-order valence-corrected chi connectivity index (χ1v) is 12.3. The molecule has 2 aromatic carbocycles. The molecule has 2 aromatic heterocycles. The Balaban J connectivity index is 1.49. The van der Waals surface area contributed by atoms with E-state index in [-0.39, 0.29) is 24.4 Å². The smallest absolute Gasteiger partial charge is 0.268 e. The average Bonchev–Trinajstić information content (AvgIpc) is 3.45. The average molecular weight is 458 g/mol. The Morgan fingerprint density at radius 1 is 1.03 bits per heavy atom. The number of thiophene rings is 1. The highest BCUT2D eigenvalue weighted by Gasteiger charge is 2.26. The highest BCUT2D eigenvalue weighted by molar-refractivity contribution is 7.20. The molecule has 2 heterocycles. The number of para-hydroxylation sites is 1. The van der Waals surface area contributed by atoms with E-state index in [2.05, 4.69) is 29.6 Å². The summed E-state index contributed by atoms with van der Waals surface area (Å²) in [6.45, 7) is 4.01. The number of fused-ring (bicyclic) bond motifs is 2. The maximum absolute atomic E-state index is 13.7. The van der Waals surface area contributed by atoms with E-state index >= 15 is 0 Å². The van der Waals surface area contributed by atoms with Gasteiger partial charge >= 0.3 is 0 Å². The molecular formula is C27H27N3O2S. The van der Waals surface area contributed by atoms with Crippen molar-refractivity contribution in [3.05, 3.63) is 70.6 Å². The van der Waals surface area contributed by atoms with Gasteiger partial charge in [-0.2, -0.15) is 0 Å². The third-order valence-electron chi connectivity index (χ3n) is 6.34. The number of carbonyl (C=O) groups excluding carboxylic acids is 2. The highest BCUT2D eigenvalue weighted by atomic mass is 32.1. The molecule has 1 N–H and O–H groups in total. The van der Waals surface area contributed by atoms with Gasteiger partial charge in [0.15, 0.2) is 0 Å². The van der Waals surface area contributed by atoms with Crippen LogP contribution in [0.2, 0.25) is 0 Å². The van der Waals surface area contributed by atoms with Crippen LogP contribution in [0.25, 0.3) is 21.1 Å². The summed E-state index contributed by atoms with van der Waals surface area (Å²) in [6, 6.07) is 18.1. The molecule has 2 amide bonds. The van der Waals surface area contributed by atoms with Gasteiger partial charge in [-0.25, -0.2) is 4.98 Å². The van der Waals surface area contributed by atoms with E-state index in [1.54, 1.807) is 4.90 Å². The Bertz CT molecular complexity index is 1350. The van der Waals surface area contributed by atoms with Gasteiger partial charge in [0.2, 0.25) is 5.91 Å². The van der Waals surface area contributed by atoms with Gasteiger partial charge in [0.25, 0.3) is 5.91 Å². The summed E-state index contributed by atoms with van der Waals surface area (Å²) in [4.78, 5) is 34.4. The van der Waals surface area contributed by atoms with Crippen LogP contribution in [-0.4, -0.2) is 29.4 Å². The summed E-state index contributed by atoms with van der Waals surface area (Å²) >= 11 is 1.38. The summed E-state index contributed by atoms with van der Waals surface area (Å²) in [7, 11) is 0. The van der Waals surface area contributed by atoms with E-state index in [0.717, 1.165) is 63.6 Å². The molecular weight excluding hydrogens is 430 g/mol. The zero-order chi connectivity index (χ0) is 22.9. The molecule has 0 radical (unpaired) electrons. The molecule has 1 fully saturated rings. The van der Waals surface area contributed by atoms with Gasteiger partial charge in [-0.1, -0.05) is 43.2 Å². The first kappa shape index (κ1) is 21.6. The number of aromatic nitrogens is 1. The molecule has 0 atom stereocenters. The zero-order valence-corrected chi connectivity index (χ0v) is 19.7. The second-order valence-electron chi connectivity index (χ2n) is 8.92. The minimum Gasteiger partial charge on any atom is -0.352 e. The van der Waals surface area contributed by atoms with Crippen molar-refractivity contribution in [3.8, 4) is 0 Å². The Hall–Kier alpha value is -3.25. The molecule has 168 valence electrons. The van der Waals surface area contributed by atoms with Crippen molar-refractivity contribution in [2.75, 3.05) is 11.4 Å². The molecule has 0 unspecified atom stereocenters. The summed E-state index contributed by atoms with van der Waals surface area (Å²) in [5.41, 5.74) is 3.80. The Morgan fingerprint density at radius 3 is 2.61 bits per heavy atom. The van der Waals surface area contributed by atoms with E-state index in [1.807, 2.05) is 44.2 Å². The fourth-order valence-electron chi connectivity index (χ4n) is 4.59. The monoisotopic (exact) mass is 457 g/mol. The first-order valence-electron chi connectivity index (χ1n) is 11.5. The summed E-state index contributed by atoms with van der Waals surface area (Å²) in [5, 5.41) is 5.11. The number of hydrogen-bond donors (Lipinski definition) is 1. The molecule has 0 aliphatic heterocycles. The van der Waals surface area contributed by atoms with Crippen LogP contribution in [0.5, 0.6) is 0 Å². The van der Waals surface area contributed by atoms with E-state index < -0.39 is 0 Å². The molecule has 0 spiro atoms. The molecule has 33 heavy (non-hydrogen) atoms. The van der Waals surface area contributed by atoms with Crippen molar-refractivity contribution in [3.63, 3.8) is 0 Å². The molecule has 4 aromatic rings. The van der Waals surface area contributed by atoms with Gasteiger partial charge in [-0.05, 0) is 62.1 Å². The number of amides is 2. The zero-order valence-electron chi connectivity index (χ0n) is 18.9. The van der Waals surface area contributed by atoms with Crippen LogP contribution in [0, 0.1) is 13.8 Å². The third kappa shape index (κ3) is 4.48. The van der Waals surface area contributed by atoms with Gasteiger partial charge in [0.05, 0.1) is 10.4 Å². The maximum Gasteiger partial charge on any atom is 0.268 e. The molecule has 6 heteroatoms. The fourth-order valence-corrected chi connectivity index (χ4v) is 5.57. The quantitative estimate of drug-likeness (QED) is 0.414. The van der Waals surface area contributed by atoms with Crippen LogP contribution in [0.1, 0.15) is 46.5 Å². The number of anilines is 1. The van der Waals surface area contributed by atoms with Crippen LogP contribution in [-0.2, 0) is 4.79 Å². The molecule has 0 saturated heterocycles. The lowest BCUT2D eigenvalue weighted by Crippen LogP contribution is -2.43. The van der Waals surface area contributed by atoms with Gasteiger partial charge in [-0.15, -0.1) is 11.3 Å². The van der Waals surface area contributed by atoms with E-state index in [1.165, 1.54) is 11.3 Å². The van der Waals surface area contributed by atoms with Crippen LogP contribution in [0.15, 0.2) is 54.6 Å².